The van der Waals surface area contributed by atoms with E-state index in [9.17, 15) is 4.79 Å². The number of fused-ring (bicyclic) bond motifs is 2. The molecule has 0 saturated carbocycles. The summed E-state index contributed by atoms with van der Waals surface area (Å²) in [7, 11) is 0. The van der Waals surface area contributed by atoms with Crippen LogP contribution in [0.2, 0.25) is 0 Å². The average molecular weight is 332 g/mol. The molecule has 0 N–H and O–H groups in total. The Hall–Kier alpha value is -1.39. The van der Waals surface area contributed by atoms with Gasteiger partial charge in [0.05, 0.1) is 5.56 Å². The molecule has 0 bridgehead atoms. The first-order valence-corrected chi connectivity index (χ1v) is 8.97. The predicted octanol–water partition coefficient (Wildman–Crippen LogP) is 6.00. The molecule has 0 aliphatic carbocycles. The number of hydrogen-bond donors (Lipinski definition) is 0. The lowest BCUT2D eigenvalue weighted by atomic mass is 10.1. The molecule has 2 aromatic heterocycles. The number of carbonyl (C=O) groups excluding carboxylic acids is 1. The van der Waals surface area contributed by atoms with E-state index in [4.69, 9.17) is 4.74 Å². The van der Waals surface area contributed by atoms with Crippen molar-refractivity contribution in [2.75, 3.05) is 0 Å². The maximum absolute atomic E-state index is 12.6. The van der Waals surface area contributed by atoms with Crippen LogP contribution in [0.5, 0.6) is 0 Å². The summed E-state index contributed by atoms with van der Waals surface area (Å²) in [6.45, 7) is 12.0. The summed E-state index contributed by atoms with van der Waals surface area (Å²) in [4.78, 5) is 14.9. The first-order valence-electron chi connectivity index (χ1n) is 7.33. The molecule has 4 heteroatoms. The normalized spacial score (nSPS) is 12.3. The van der Waals surface area contributed by atoms with Gasteiger partial charge in [0.2, 0.25) is 0 Å². The molecule has 116 valence electrons. The first kappa shape index (κ1) is 15.5. The minimum atomic E-state index is -0.474. The van der Waals surface area contributed by atoms with Gasteiger partial charge < -0.3 is 4.74 Å². The highest BCUT2D eigenvalue weighted by atomic mass is 32.1. The summed E-state index contributed by atoms with van der Waals surface area (Å²) in [5.41, 5.74) is 1.59. The van der Waals surface area contributed by atoms with Gasteiger partial charge in [-0.15, -0.1) is 22.7 Å². The monoisotopic (exact) mass is 332 g/mol. The van der Waals surface area contributed by atoms with Crippen LogP contribution in [0.4, 0.5) is 0 Å². The molecule has 3 aromatic rings. The second kappa shape index (κ2) is 5.07. The molecule has 1 aromatic carbocycles. The predicted molar refractivity (Wildman–Crippen MR) is 96.6 cm³/mol. The average Bonchev–Trinajstić information content (AvgIpc) is 2.82. The van der Waals surface area contributed by atoms with Crippen LogP contribution >= 0.6 is 22.7 Å². The lowest BCUT2D eigenvalue weighted by Gasteiger charge is -2.19. The van der Waals surface area contributed by atoms with Gasteiger partial charge in [0.15, 0.2) is 0 Å². The van der Waals surface area contributed by atoms with E-state index in [1.807, 2.05) is 27.7 Å². The third-order valence-electron chi connectivity index (χ3n) is 3.76. The minimum absolute atomic E-state index is 0.222. The Morgan fingerprint density at radius 2 is 1.50 bits per heavy atom. The molecule has 0 saturated heterocycles. The molecule has 2 nitrogen and oxygen atoms in total. The largest absolute Gasteiger partial charge is 0.456 e. The number of benzene rings is 1. The van der Waals surface area contributed by atoms with Gasteiger partial charge in [0.1, 0.15) is 5.60 Å². The number of aryl methyl sites for hydroxylation is 3. The second-order valence-electron chi connectivity index (χ2n) is 6.66. The molecule has 0 unspecified atom stereocenters. The van der Waals surface area contributed by atoms with E-state index in [1.165, 1.54) is 20.5 Å². The zero-order chi connectivity index (χ0) is 16.2. The fraction of sp³-hybridized carbons (Fsp3) is 0.389. The zero-order valence-corrected chi connectivity index (χ0v) is 15.4. The Morgan fingerprint density at radius 1 is 0.955 bits per heavy atom. The summed E-state index contributed by atoms with van der Waals surface area (Å²) >= 11 is 3.46. The van der Waals surface area contributed by atoms with Crippen molar-refractivity contribution in [2.45, 2.75) is 47.1 Å². The van der Waals surface area contributed by atoms with Crippen LogP contribution in [0.3, 0.4) is 0 Å². The lowest BCUT2D eigenvalue weighted by Crippen LogP contribution is -2.24. The van der Waals surface area contributed by atoms with Crippen molar-refractivity contribution < 1.29 is 9.53 Å². The molecule has 0 atom stereocenters. The van der Waals surface area contributed by atoms with Crippen LogP contribution in [0.15, 0.2) is 12.1 Å². The Bertz CT molecular complexity index is 891. The third kappa shape index (κ3) is 2.55. The molecule has 0 fully saturated rings. The fourth-order valence-corrected chi connectivity index (χ4v) is 4.80. The van der Waals surface area contributed by atoms with Crippen molar-refractivity contribution in [1.29, 1.82) is 0 Å². The highest BCUT2D eigenvalue weighted by molar-refractivity contribution is 7.21. The van der Waals surface area contributed by atoms with Crippen molar-refractivity contribution in [1.82, 2.24) is 0 Å². The molecule has 0 radical (unpaired) electrons. The molecule has 0 spiro atoms. The van der Waals surface area contributed by atoms with E-state index in [0.717, 1.165) is 20.5 Å². The maximum atomic E-state index is 12.6. The van der Waals surface area contributed by atoms with Crippen molar-refractivity contribution in [3.8, 4) is 0 Å². The fourth-order valence-electron chi connectivity index (χ4n) is 2.64. The van der Waals surface area contributed by atoms with Crippen LogP contribution in [-0.4, -0.2) is 11.6 Å². The highest BCUT2D eigenvalue weighted by Crippen LogP contribution is 2.39. The molecule has 0 aliphatic heterocycles. The molecular formula is C18H20O2S2. The van der Waals surface area contributed by atoms with Gasteiger partial charge in [0, 0.05) is 24.5 Å². The number of ether oxygens (including phenoxy) is 1. The molecule has 22 heavy (non-hydrogen) atoms. The standard InChI is InChI=1S/C18H20O2S2/c1-9-10(2)21-14-8-13-15(7-12(9)14)22-11(3)16(13)17(19)20-18(4,5)6/h7-8H,1-6H3. The summed E-state index contributed by atoms with van der Waals surface area (Å²) in [6.07, 6.45) is 0. The topological polar surface area (TPSA) is 26.3 Å². The van der Waals surface area contributed by atoms with E-state index in [2.05, 4.69) is 26.0 Å². The number of rotatable bonds is 1. The van der Waals surface area contributed by atoms with E-state index in [-0.39, 0.29) is 5.97 Å². The number of thiophene rings is 2. The third-order valence-corrected chi connectivity index (χ3v) is 6.00. The van der Waals surface area contributed by atoms with Gasteiger partial charge in [-0.25, -0.2) is 4.79 Å². The van der Waals surface area contributed by atoms with Crippen LogP contribution < -0.4 is 0 Å². The summed E-state index contributed by atoms with van der Waals surface area (Å²) in [5, 5.41) is 2.32. The van der Waals surface area contributed by atoms with Crippen LogP contribution in [0, 0.1) is 20.8 Å². The van der Waals surface area contributed by atoms with Crippen molar-refractivity contribution in [3.63, 3.8) is 0 Å². The molecular weight excluding hydrogens is 312 g/mol. The number of esters is 1. The van der Waals surface area contributed by atoms with Gasteiger partial charge >= 0.3 is 5.97 Å². The smallest absolute Gasteiger partial charge is 0.340 e. The van der Waals surface area contributed by atoms with Gasteiger partial charge in [-0.05, 0) is 64.6 Å². The Labute approximate surface area is 138 Å². The van der Waals surface area contributed by atoms with Gasteiger partial charge in [-0.1, -0.05) is 0 Å². The summed E-state index contributed by atoms with van der Waals surface area (Å²) in [5.74, 6) is -0.222. The first-order chi connectivity index (χ1) is 10.2. The van der Waals surface area contributed by atoms with Gasteiger partial charge in [-0.2, -0.15) is 0 Å². The number of carbonyl (C=O) groups is 1. The van der Waals surface area contributed by atoms with Crippen LogP contribution in [0.1, 0.15) is 46.4 Å². The Kier molecular flexibility index (Phi) is 3.57. The molecule has 0 aliphatic rings. The van der Waals surface area contributed by atoms with E-state index in [1.54, 1.807) is 22.7 Å². The van der Waals surface area contributed by atoms with E-state index >= 15 is 0 Å². The molecule has 0 amide bonds. The minimum Gasteiger partial charge on any atom is -0.456 e. The van der Waals surface area contributed by atoms with E-state index in [0.29, 0.717) is 0 Å². The second-order valence-corrected chi connectivity index (χ2v) is 9.18. The summed E-state index contributed by atoms with van der Waals surface area (Å²) < 4.78 is 7.98. The van der Waals surface area contributed by atoms with Crippen molar-refractivity contribution in [3.05, 3.63) is 33.0 Å². The van der Waals surface area contributed by atoms with Gasteiger partial charge in [-0.3, -0.25) is 0 Å². The Balaban J connectivity index is 2.22. The summed E-state index contributed by atoms with van der Waals surface area (Å²) in [6, 6.07) is 4.37. The quantitative estimate of drug-likeness (QED) is 0.511. The highest BCUT2D eigenvalue weighted by Gasteiger charge is 2.23. The SMILES string of the molecule is Cc1sc2cc3c(C(=O)OC(C)(C)C)c(C)sc3cc2c1C. The molecule has 2 heterocycles. The van der Waals surface area contributed by atoms with Crippen molar-refractivity contribution >= 4 is 48.8 Å². The number of hydrogen-bond acceptors (Lipinski definition) is 4. The zero-order valence-electron chi connectivity index (χ0n) is 13.8. The van der Waals surface area contributed by atoms with Gasteiger partial charge in [0.25, 0.3) is 0 Å². The van der Waals surface area contributed by atoms with Crippen LogP contribution in [0.25, 0.3) is 20.2 Å². The maximum Gasteiger partial charge on any atom is 0.340 e. The van der Waals surface area contributed by atoms with E-state index < -0.39 is 5.60 Å². The Morgan fingerprint density at radius 3 is 2.14 bits per heavy atom. The molecule has 3 rings (SSSR count). The lowest BCUT2D eigenvalue weighted by molar-refractivity contribution is 0.00717. The van der Waals surface area contributed by atoms with Crippen molar-refractivity contribution in [2.24, 2.45) is 0 Å². The van der Waals surface area contributed by atoms with Crippen LogP contribution in [-0.2, 0) is 4.74 Å².